The quantitative estimate of drug-likeness (QED) is 0.195. The number of thiophene rings is 1. The van der Waals surface area contributed by atoms with E-state index in [1.807, 2.05) is 30.3 Å². The number of carboxylic acids is 1. The molecule has 35 heavy (non-hydrogen) atoms. The van der Waals surface area contributed by atoms with Gasteiger partial charge in [0, 0.05) is 0 Å². The van der Waals surface area contributed by atoms with Gasteiger partial charge in [-0.05, 0) is 48.1 Å². The van der Waals surface area contributed by atoms with Crippen LogP contribution in [0.3, 0.4) is 0 Å². The van der Waals surface area contributed by atoms with Crippen molar-refractivity contribution < 1.29 is 36.6 Å². The molecule has 0 saturated carbocycles. The van der Waals surface area contributed by atoms with Gasteiger partial charge >= 0.3 is 12.1 Å². The van der Waals surface area contributed by atoms with Crippen LogP contribution in [0.5, 0.6) is 0 Å². The molecule has 0 radical (unpaired) electrons. The van der Waals surface area contributed by atoms with Crippen molar-refractivity contribution in [1.82, 2.24) is 0 Å². The Morgan fingerprint density at radius 3 is 2.26 bits per heavy atom. The largest absolute Gasteiger partial charge is 0.490 e. The average molecular weight is 547 g/mol. The second kappa shape index (κ2) is 11.2. The van der Waals surface area contributed by atoms with Gasteiger partial charge < -0.3 is 15.9 Å². The summed E-state index contributed by atoms with van der Waals surface area (Å²) < 4.78 is 58.9. The summed E-state index contributed by atoms with van der Waals surface area (Å²) in [6.07, 6.45) is -3.96. The van der Waals surface area contributed by atoms with E-state index in [2.05, 4.69) is 0 Å². The third-order valence-corrected chi connectivity index (χ3v) is 8.85. The average Bonchev–Trinajstić information content (AvgIpc) is 3.25. The minimum Gasteiger partial charge on any atom is -0.475 e. The Morgan fingerprint density at radius 2 is 1.74 bits per heavy atom. The van der Waals surface area contributed by atoms with Gasteiger partial charge in [0.2, 0.25) is 9.84 Å². The molecule has 0 amide bonds. The number of nitrogens with two attached hydrogens (primary N) is 1. The van der Waals surface area contributed by atoms with Crippen molar-refractivity contribution >= 4 is 44.7 Å². The molecule has 0 bridgehead atoms. The lowest BCUT2D eigenvalue weighted by Gasteiger charge is -2.13. The first-order chi connectivity index (χ1) is 16.2. The summed E-state index contributed by atoms with van der Waals surface area (Å²) in [4.78, 5) is 9.65. The lowest BCUT2D eigenvalue weighted by atomic mass is 9.97. The number of thioether (sulfide) groups is 1. The number of halogens is 3. The van der Waals surface area contributed by atoms with Crippen LogP contribution in [0.1, 0.15) is 23.5 Å². The number of hydrogen-bond donors (Lipinski definition) is 4. The van der Waals surface area contributed by atoms with Gasteiger partial charge in [-0.25, -0.2) is 13.2 Å². The lowest BCUT2D eigenvalue weighted by Crippen LogP contribution is -2.21. The molecule has 5 N–H and O–H groups in total. The normalized spacial score (nSPS) is 12.4. The second-order valence-electron chi connectivity index (χ2n) is 6.98. The van der Waals surface area contributed by atoms with Crippen LogP contribution in [0.15, 0.2) is 68.6 Å². The fourth-order valence-electron chi connectivity index (χ4n) is 2.90. The van der Waals surface area contributed by atoms with Crippen LogP contribution in [0.4, 0.5) is 13.2 Å². The Bertz CT molecular complexity index is 1340. The van der Waals surface area contributed by atoms with E-state index in [9.17, 15) is 26.7 Å². The molecular weight excluding hydrogens is 525 g/mol. The molecule has 1 aromatic heterocycles. The molecule has 0 aliphatic heterocycles. The predicted octanol–water partition coefficient (Wildman–Crippen LogP) is 4.94. The second-order valence-corrected chi connectivity index (χ2v) is 11.0. The van der Waals surface area contributed by atoms with Crippen LogP contribution in [-0.2, 0) is 14.6 Å². The highest BCUT2D eigenvalue weighted by molar-refractivity contribution is 8.01. The standard InChI is InChI=1S/C20H20N2O3S3.C2HF3O2/c1-12(23)15-8-3-4-9-16(15)13-6-5-7-14(10-13)28(24,25)18-11-17(19(21)22)27-20(18)26-2;3-2(4,5)1(6)7/h3-12,23H,1-2H3,(H3,21,22);(H,6,7). The van der Waals surface area contributed by atoms with Gasteiger partial charge in [-0.15, -0.1) is 23.1 Å². The number of sulfone groups is 1. The van der Waals surface area contributed by atoms with Crippen molar-refractivity contribution in [3.8, 4) is 11.1 Å². The van der Waals surface area contributed by atoms with Crippen molar-refractivity contribution in [2.75, 3.05) is 6.26 Å². The van der Waals surface area contributed by atoms with Crippen molar-refractivity contribution in [3.63, 3.8) is 0 Å². The first-order valence-corrected chi connectivity index (χ1v) is 13.2. The van der Waals surface area contributed by atoms with Crippen LogP contribution in [-0.4, -0.2) is 42.9 Å². The van der Waals surface area contributed by atoms with Gasteiger partial charge in [-0.2, -0.15) is 13.2 Å². The molecule has 3 aromatic rings. The summed E-state index contributed by atoms with van der Waals surface area (Å²) in [5.41, 5.74) is 7.78. The Kier molecular flexibility index (Phi) is 9.11. The molecule has 7 nitrogen and oxygen atoms in total. The Balaban J connectivity index is 0.000000540. The van der Waals surface area contributed by atoms with Crippen molar-refractivity contribution in [1.29, 1.82) is 5.41 Å². The number of aliphatic carboxylic acids is 1. The molecule has 1 atom stereocenters. The maximum atomic E-state index is 13.3. The van der Waals surface area contributed by atoms with Crippen LogP contribution < -0.4 is 5.73 Å². The van der Waals surface area contributed by atoms with Gasteiger partial charge in [-0.3, -0.25) is 5.41 Å². The van der Waals surface area contributed by atoms with Crippen LogP contribution in [0, 0.1) is 5.41 Å². The topological polar surface area (TPSA) is 142 Å². The molecule has 0 spiro atoms. The number of carbonyl (C=O) groups is 1. The SMILES string of the molecule is CSc1sc(C(=N)N)cc1S(=O)(=O)c1cccc(-c2ccccc2C(C)O)c1.O=C(O)C(F)(F)F. The number of rotatable bonds is 6. The summed E-state index contributed by atoms with van der Waals surface area (Å²) in [7, 11) is -3.78. The number of amidine groups is 1. The zero-order valence-electron chi connectivity index (χ0n) is 18.3. The summed E-state index contributed by atoms with van der Waals surface area (Å²) in [5.74, 6) is -2.91. The monoisotopic (exact) mass is 546 g/mol. The van der Waals surface area contributed by atoms with Gasteiger partial charge in [-0.1, -0.05) is 36.4 Å². The van der Waals surface area contributed by atoms with E-state index in [-0.39, 0.29) is 15.6 Å². The van der Waals surface area contributed by atoms with E-state index in [1.54, 1.807) is 31.4 Å². The summed E-state index contributed by atoms with van der Waals surface area (Å²) in [6, 6.07) is 15.5. The minimum absolute atomic E-state index is 0.152. The number of nitrogens with one attached hydrogen (secondary N) is 1. The van der Waals surface area contributed by atoms with E-state index in [4.69, 9.17) is 21.0 Å². The molecular formula is C22H21F3N2O5S3. The van der Waals surface area contributed by atoms with Crippen LogP contribution in [0.25, 0.3) is 11.1 Å². The van der Waals surface area contributed by atoms with Gasteiger partial charge in [0.25, 0.3) is 0 Å². The van der Waals surface area contributed by atoms with E-state index in [0.29, 0.717) is 14.6 Å². The minimum atomic E-state index is -5.08. The van der Waals surface area contributed by atoms with Crippen molar-refractivity contribution in [3.05, 3.63) is 65.0 Å². The number of hydrogen-bond acceptors (Lipinski definition) is 7. The van der Waals surface area contributed by atoms with Gasteiger partial charge in [0.15, 0.2) is 0 Å². The van der Waals surface area contributed by atoms with E-state index in [1.165, 1.54) is 29.2 Å². The first kappa shape index (κ1) is 28.4. The number of carboxylic acid groups (broad SMARTS) is 1. The predicted molar refractivity (Wildman–Crippen MR) is 129 cm³/mol. The molecule has 0 fully saturated rings. The Labute approximate surface area is 207 Å². The fraction of sp³-hybridized carbons (Fsp3) is 0.182. The molecule has 0 aliphatic carbocycles. The number of benzene rings is 2. The van der Waals surface area contributed by atoms with E-state index in [0.717, 1.165) is 11.1 Å². The zero-order chi connectivity index (χ0) is 26.6. The molecule has 1 unspecified atom stereocenters. The van der Waals surface area contributed by atoms with Crippen LogP contribution in [0.2, 0.25) is 0 Å². The Hall–Kier alpha value is -2.87. The molecule has 0 saturated heterocycles. The summed E-state index contributed by atoms with van der Waals surface area (Å²) >= 11 is 2.51. The number of aliphatic hydroxyl groups is 1. The van der Waals surface area contributed by atoms with E-state index < -0.39 is 28.1 Å². The third-order valence-electron chi connectivity index (χ3n) is 4.52. The van der Waals surface area contributed by atoms with Crippen molar-refractivity contribution in [2.24, 2.45) is 5.73 Å². The third kappa shape index (κ3) is 6.84. The van der Waals surface area contributed by atoms with Gasteiger partial charge in [0.05, 0.1) is 25.0 Å². The Morgan fingerprint density at radius 1 is 1.14 bits per heavy atom. The fourth-order valence-corrected chi connectivity index (χ4v) is 6.80. The maximum absolute atomic E-state index is 13.3. The maximum Gasteiger partial charge on any atom is 0.490 e. The molecule has 3 rings (SSSR count). The van der Waals surface area contributed by atoms with Gasteiger partial charge in [0.1, 0.15) is 5.84 Å². The molecule has 0 aliphatic rings. The number of alkyl halides is 3. The smallest absolute Gasteiger partial charge is 0.475 e. The summed E-state index contributed by atoms with van der Waals surface area (Å²) in [5, 5.41) is 24.8. The molecule has 13 heteroatoms. The van der Waals surface area contributed by atoms with E-state index >= 15 is 0 Å². The number of aliphatic hydroxyl groups excluding tert-OH is 1. The highest BCUT2D eigenvalue weighted by Crippen LogP contribution is 2.38. The lowest BCUT2D eigenvalue weighted by molar-refractivity contribution is -0.192. The number of nitrogen functional groups attached to an aromatic ring is 1. The van der Waals surface area contributed by atoms with Crippen LogP contribution >= 0.6 is 23.1 Å². The highest BCUT2D eigenvalue weighted by atomic mass is 32.2. The molecule has 2 aromatic carbocycles. The zero-order valence-corrected chi connectivity index (χ0v) is 20.8. The molecule has 188 valence electrons. The highest BCUT2D eigenvalue weighted by Gasteiger charge is 2.38. The first-order valence-electron chi connectivity index (χ1n) is 9.65. The molecule has 1 heterocycles. The van der Waals surface area contributed by atoms with Crippen molar-refractivity contribution in [2.45, 2.75) is 33.2 Å². The summed E-state index contributed by atoms with van der Waals surface area (Å²) in [6.45, 7) is 1.68.